The Labute approximate surface area is 141 Å². The molecule has 0 unspecified atom stereocenters. The molecule has 0 aromatic carbocycles. The Kier molecular flexibility index (Phi) is 5.46. The van der Waals surface area contributed by atoms with E-state index >= 15 is 0 Å². The second kappa shape index (κ2) is 6.71. The fourth-order valence-corrected chi connectivity index (χ4v) is 5.88. The first-order valence-corrected chi connectivity index (χ1v) is 10.5. The third-order valence-electron chi connectivity index (χ3n) is 4.93. The first-order chi connectivity index (χ1) is 10.5. The molecule has 0 spiro atoms. The van der Waals surface area contributed by atoms with E-state index in [1.165, 1.54) is 0 Å². The van der Waals surface area contributed by atoms with Gasteiger partial charge in [-0.1, -0.05) is 34.6 Å². The second-order valence-corrected chi connectivity index (χ2v) is 10.8. The van der Waals surface area contributed by atoms with Gasteiger partial charge in [0.15, 0.2) is 9.84 Å². The van der Waals surface area contributed by atoms with Crippen molar-refractivity contribution in [2.45, 2.75) is 58.8 Å². The molecule has 23 heavy (non-hydrogen) atoms. The van der Waals surface area contributed by atoms with Gasteiger partial charge < -0.3 is 4.90 Å². The molecule has 0 N–H and O–H groups in total. The van der Waals surface area contributed by atoms with E-state index in [2.05, 4.69) is 18.7 Å². The van der Waals surface area contributed by atoms with Gasteiger partial charge in [-0.2, -0.15) is 0 Å². The molecule has 0 bridgehead atoms. The van der Waals surface area contributed by atoms with Gasteiger partial charge in [-0.25, -0.2) is 8.42 Å². The molecule has 5 nitrogen and oxygen atoms in total. The van der Waals surface area contributed by atoms with Crippen LogP contribution in [0.25, 0.3) is 0 Å². The molecule has 2 fully saturated rings. The topological polar surface area (TPSA) is 57.7 Å². The summed E-state index contributed by atoms with van der Waals surface area (Å²) < 4.78 is 25.1. The maximum Gasteiger partial charge on any atom is 0.227 e. The van der Waals surface area contributed by atoms with Gasteiger partial charge >= 0.3 is 0 Å². The minimum atomic E-state index is -3.04. The SMILES string of the molecule is CC(C)CN1CCS(=O)(=O)[C@@H]2CCN(C(=O)C(C)(C)C)CC[C@@H]21. The van der Waals surface area contributed by atoms with Crippen LogP contribution in [0.1, 0.15) is 47.5 Å². The molecule has 0 aromatic rings. The van der Waals surface area contributed by atoms with E-state index in [4.69, 9.17) is 0 Å². The summed E-state index contributed by atoms with van der Waals surface area (Å²) in [6.07, 6.45) is 1.34. The van der Waals surface area contributed by atoms with Crippen molar-refractivity contribution < 1.29 is 13.2 Å². The maximum absolute atomic E-state index is 12.6. The Morgan fingerprint density at radius 3 is 2.30 bits per heavy atom. The average Bonchev–Trinajstić information content (AvgIpc) is 2.63. The van der Waals surface area contributed by atoms with E-state index in [1.54, 1.807) is 0 Å². The van der Waals surface area contributed by atoms with Gasteiger partial charge in [0.2, 0.25) is 5.91 Å². The van der Waals surface area contributed by atoms with Crippen molar-refractivity contribution in [2.75, 3.05) is 31.9 Å². The Balaban J connectivity index is 2.19. The molecule has 6 heteroatoms. The van der Waals surface area contributed by atoms with E-state index < -0.39 is 15.3 Å². The molecule has 2 aliphatic rings. The minimum Gasteiger partial charge on any atom is -0.342 e. The van der Waals surface area contributed by atoms with Gasteiger partial charge in [0.25, 0.3) is 0 Å². The average molecular weight is 345 g/mol. The summed E-state index contributed by atoms with van der Waals surface area (Å²) in [4.78, 5) is 16.8. The van der Waals surface area contributed by atoms with E-state index in [-0.39, 0.29) is 23.0 Å². The summed E-state index contributed by atoms with van der Waals surface area (Å²) in [5.41, 5.74) is -0.411. The Bertz CT molecular complexity index is 537. The number of amides is 1. The number of likely N-dealkylation sites (tertiary alicyclic amines) is 1. The first kappa shape index (κ1) is 18.7. The van der Waals surface area contributed by atoms with Crippen molar-refractivity contribution in [1.82, 2.24) is 9.80 Å². The quantitative estimate of drug-likeness (QED) is 0.766. The molecular formula is C17H32N2O3S. The number of rotatable bonds is 2. The number of carbonyl (C=O) groups is 1. The number of carbonyl (C=O) groups excluding carboxylic acids is 1. The van der Waals surface area contributed by atoms with Crippen molar-refractivity contribution in [1.29, 1.82) is 0 Å². The highest BCUT2D eigenvalue weighted by Gasteiger charge is 2.43. The van der Waals surface area contributed by atoms with E-state index in [1.807, 2.05) is 25.7 Å². The predicted molar refractivity (Wildman–Crippen MR) is 93.0 cm³/mol. The van der Waals surface area contributed by atoms with Gasteiger partial charge in [-0.05, 0) is 18.8 Å². The van der Waals surface area contributed by atoms with Crippen LogP contribution < -0.4 is 0 Å². The van der Waals surface area contributed by atoms with Gasteiger partial charge in [-0.15, -0.1) is 0 Å². The number of fused-ring (bicyclic) bond motifs is 1. The van der Waals surface area contributed by atoms with Crippen LogP contribution in [-0.2, 0) is 14.6 Å². The molecule has 0 saturated carbocycles. The lowest BCUT2D eigenvalue weighted by atomic mass is 9.94. The largest absolute Gasteiger partial charge is 0.342 e. The molecule has 134 valence electrons. The molecule has 1 amide bonds. The van der Waals surface area contributed by atoms with Crippen LogP contribution in [0.2, 0.25) is 0 Å². The molecule has 0 radical (unpaired) electrons. The molecular weight excluding hydrogens is 312 g/mol. The highest BCUT2D eigenvalue weighted by atomic mass is 32.2. The summed E-state index contributed by atoms with van der Waals surface area (Å²) >= 11 is 0. The fraction of sp³-hybridized carbons (Fsp3) is 0.941. The molecule has 0 aromatic heterocycles. The number of sulfone groups is 1. The van der Waals surface area contributed by atoms with Crippen molar-refractivity contribution in [2.24, 2.45) is 11.3 Å². The summed E-state index contributed by atoms with van der Waals surface area (Å²) in [5.74, 6) is 0.907. The molecule has 2 rings (SSSR count). The van der Waals surface area contributed by atoms with Crippen LogP contribution >= 0.6 is 0 Å². The lowest BCUT2D eigenvalue weighted by Gasteiger charge is -2.40. The van der Waals surface area contributed by atoms with Gasteiger partial charge in [-0.3, -0.25) is 9.69 Å². The normalized spacial score (nSPS) is 29.2. The summed E-state index contributed by atoms with van der Waals surface area (Å²) in [5, 5.41) is -0.312. The van der Waals surface area contributed by atoms with E-state index in [0.29, 0.717) is 32.0 Å². The minimum absolute atomic E-state index is 0.0638. The number of hydrogen-bond acceptors (Lipinski definition) is 4. The zero-order chi connectivity index (χ0) is 17.4. The Morgan fingerprint density at radius 2 is 1.74 bits per heavy atom. The van der Waals surface area contributed by atoms with Crippen molar-refractivity contribution >= 4 is 15.7 Å². The van der Waals surface area contributed by atoms with Crippen LogP contribution in [0, 0.1) is 11.3 Å². The second-order valence-electron chi connectivity index (χ2n) is 8.48. The zero-order valence-corrected chi connectivity index (χ0v) is 16.0. The molecule has 2 saturated heterocycles. The van der Waals surface area contributed by atoms with Gasteiger partial charge in [0, 0.05) is 37.6 Å². The summed E-state index contributed by atoms with van der Waals surface area (Å²) in [6.45, 7) is 12.9. The number of nitrogens with zero attached hydrogens (tertiary/aromatic N) is 2. The van der Waals surface area contributed by atoms with Crippen LogP contribution in [0.5, 0.6) is 0 Å². The van der Waals surface area contributed by atoms with Crippen molar-refractivity contribution in [3.05, 3.63) is 0 Å². The van der Waals surface area contributed by atoms with Gasteiger partial charge in [0.1, 0.15) is 0 Å². The molecule has 2 heterocycles. The summed E-state index contributed by atoms with van der Waals surface area (Å²) in [6, 6.07) is 0.0638. The fourth-order valence-electron chi connectivity index (χ4n) is 3.83. The molecule has 2 atom stereocenters. The molecule has 0 aliphatic carbocycles. The third-order valence-corrected chi connectivity index (χ3v) is 7.15. The monoisotopic (exact) mass is 344 g/mol. The zero-order valence-electron chi connectivity index (χ0n) is 15.2. The van der Waals surface area contributed by atoms with Crippen molar-refractivity contribution in [3.8, 4) is 0 Å². The standard InChI is InChI=1S/C17H32N2O3S/c1-13(2)12-19-10-11-23(21,22)15-7-9-18(8-6-14(15)19)16(20)17(3,4)5/h13-15H,6-12H2,1-5H3/t14-,15+/m0/s1. The summed E-state index contributed by atoms with van der Waals surface area (Å²) in [7, 11) is -3.04. The number of hydrogen-bond donors (Lipinski definition) is 0. The first-order valence-electron chi connectivity index (χ1n) is 8.77. The lowest BCUT2D eigenvalue weighted by Crippen LogP contribution is -2.55. The Hall–Kier alpha value is -0.620. The van der Waals surface area contributed by atoms with E-state index in [0.717, 1.165) is 13.0 Å². The van der Waals surface area contributed by atoms with Crippen LogP contribution in [-0.4, -0.2) is 67.3 Å². The smallest absolute Gasteiger partial charge is 0.227 e. The van der Waals surface area contributed by atoms with Crippen LogP contribution in [0.3, 0.4) is 0 Å². The Morgan fingerprint density at radius 1 is 1.13 bits per heavy atom. The highest BCUT2D eigenvalue weighted by molar-refractivity contribution is 7.92. The lowest BCUT2D eigenvalue weighted by molar-refractivity contribution is -0.139. The van der Waals surface area contributed by atoms with Crippen molar-refractivity contribution in [3.63, 3.8) is 0 Å². The predicted octanol–water partition coefficient (Wildman–Crippen LogP) is 1.78. The maximum atomic E-state index is 12.6. The molecule has 2 aliphatic heterocycles. The van der Waals surface area contributed by atoms with Gasteiger partial charge in [0.05, 0.1) is 11.0 Å². The third kappa shape index (κ3) is 4.27. The van der Waals surface area contributed by atoms with E-state index in [9.17, 15) is 13.2 Å². The van der Waals surface area contributed by atoms with Crippen LogP contribution in [0.4, 0.5) is 0 Å². The van der Waals surface area contributed by atoms with Crippen LogP contribution in [0.15, 0.2) is 0 Å². The highest BCUT2D eigenvalue weighted by Crippen LogP contribution is 2.30.